The van der Waals surface area contributed by atoms with Gasteiger partial charge in [0.2, 0.25) is 0 Å². The predicted octanol–water partition coefficient (Wildman–Crippen LogP) is 19.0. The van der Waals surface area contributed by atoms with E-state index in [9.17, 15) is 28.9 Å². The van der Waals surface area contributed by atoms with E-state index >= 15 is 0 Å². The molecule has 0 aromatic rings. The van der Waals surface area contributed by atoms with E-state index in [4.69, 9.17) is 23.3 Å². The Kier molecular flexibility index (Phi) is 57.2. The highest BCUT2D eigenvalue weighted by Crippen LogP contribution is 2.43. The minimum atomic E-state index is -4.77. The molecule has 12 heteroatoms. The van der Waals surface area contributed by atoms with Crippen LogP contribution in [-0.4, -0.2) is 66.5 Å². The molecule has 0 rings (SSSR count). The van der Waals surface area contributed by atoms with E-state index in [1.165, 1.54) is 103 Å². The van der Waals surface area contributed by atoms with Crippen LogP contribution in [0.3, 0.4) is 0 Å². The maximum atomic E-state index is 12.9. The van der Waals surface area contributed by atoms with Crippen LogP contribution in [0, 0.1) is 0 Å². The molecule has 0 bridgehead atoms. The van der Waals surface area contributed by atoms with E-state index in [1.54, 1.807) is 0 Å². The highest BCUT2D eigenvalue weighted by atomic mass is 31.2. The molecule has 0 radical (unpaired) electrons. The van der Waals surface area contributed by atoms with E-state index in [0.29, 0.717) is 19.3 Å². The molecule has 3 unspecified atom stereocenters. The standard InChI is InChI=1S/C66H115O11P/c1-4-7-10-13-16-19-22-25-28-30-31-33-35-37-40-43-46-49-52-55-64(68)73-59-63(77-66(70)57-54-51-48-45-42-39-36-32-29-26-23-20-17-14-11-8-5-2)61-75-78(71,72)74-60-62(58-67)76-65(69)56-53-50-47-44-41-38-34-27-24-21-18-15-12-9-6-3/h8-9,11-12,17-18,20-21,26-27,29,34,41,44,62-63,67H,4-7,10,13-16,19,22-25,28,30-33,35-40,42-43,45-61H2,1-3H3,(H,71,72)/b11-8-,12-9-,20-17-,21-18-,29-26-,34-27-,44-41-. The molecule has 0 saturated heterocycles. The molecule has 3 atom stereocenters. The summed E-state index contributed by atoms with van der Waals surface area (Å²) in [6.45, 7) is 4.40. The molecule has 0 amide bonds. The Morgan fingerprint density at radius 1 is 0.372 bits per heavy atom. The summed E-state index contributed by atoms with van der Waals surface area (Å²) in [4.78, 5) is 48.7. The third-order valence-electron chi connectivity index (χ3n) is 13.3. The first-order valence-corrected chi connectivity index (χ1v) is 33.0. The largest absolute Gasteiger partial charge is 0.472 e. The molecule has 0 heterocycles. The molecule has 2 N–H and O–H groups in total. The lowest BCUT2D eigenvalue weighted by molar-refractivity contribution is -0.161. The SMILES string of the molecule is CC/C=C\C/C=C\C/C=C\C/C=C\CCCCC(=O)OC(CO)COP(=O)(O)OCC(COC(=O)CCCCCCCCCCCCCCCCCCCCC)OC(=O)CCCCCCCCC/C=C\C/C=C\C/C=C\CC. The van der Waals surface area contributed by atoms with Crippen LogP contribution in [0.5, 0.6) is 0 Å². The summed E-state index contributed by atoms with van der Waals surface area (Å²) in [5.74, 6) is -1.51. The Labute approximate surface area is 477 Å². The van der Waals surface area contributed by atoms with Crippen molar-refractivity contribution in [1.82, 2.24) is 0 Å². The van der Waals surface area contributed by atoms with E-state index < -0.39 is 57.8 Å². The predicted molar refractivity (Wildman–Crippen MR) is 325 cm³/mol. The number of unbranched alkanes of at least 4 members (excludes halogenated alkanes) is 27. The fourth-order valence-electron chi connectivity index (χ4n) is 8.60. The lowest BCUT2D eigenvalue weighted by Gasteiger charge is -2.21. The minimum Gasteiger partial charge on any atom is -0.462 e. The molecule has 0 aliphatic heterocycles. The number of esters is 3. The summed E-state index contributed by atoms with van der Waals surface area (Å²) in [6.07, 6.45) is 69.7. The lowest BCUT2D eigenvalue weighted by atomic mass is 10.0. The van der Waals surface area contributed by atoms with Gasteiger partial charge < -0.3 is 24.2 Å². The van der Waals surface area contributed by atoms with Crippen LogP contribution >= 0.6 is 7.82 Å². The Bertz CT molecular complexity index is 1630. The highest BCUT2D eigenvalue weighted by molar-refractivity contribution is 7.47. The van der Waals surface area contributed by atoms with Gasteiger partial charge in [0.15, 0.2) is 6.10 Å². The highest BCUT2D eigenvalue weighted by Gasteiger charge is 2.28. The van der Waals surface area contributed by atoms with Crippen LogP contribution in [0.4, 0.5) is 0 Å². The van der Waals surface area contributed by atoms with Gasteiger partial charge >= 0.3 is 25.7 Å². The number of carbonyl (C=O) groups excluding carboxylic acids is 3. The molecule has 78 heavy (non-hydrogen) atoms. The van der Waals surface area contributed by atoms with Crippen LogP contribution in [0.1, 0.15) is 278 Å². The van der Waals surface area contributed by atoms with E-state index in [1.807, 2.05) is 0 Å². The first-order chi connectivity index (χ1) is 38.2. The molecule has 0 saturated carbocycles. The Balaban J connectivity index is 4.73. The maximum absolute atomic E-state index is 12.9. The third-order valence-corrected chi connectivity index (χ3v) is 14.3. The van der Waals surface area contributed by atoms with Crippen molar-refractivity contribution in [3.63, 3.8) is 0 Å². The molecule has 11 nitrogen and oxygen atoms in total. The third kappa shape index (κ3) is 57.3. The fourth-order valence-corrected chi connectivity index (χ4v) is 9.38. The fraction of sp³-hybridized carbons (Fsp3) is 0.742. The summed E-state index contributed by atoms with van der Waals surface area (Å²) in [6, 6.07) is 0. The Morgan fingerprint density at radius 2 is 0.667 bits per heavy atom. The van der Waals surface area contributed by atoms with Crippen molar-refractivity contribution in [2.75, 3.05) is 26.4 Å². The number of aliphatic hydroxyl groups excluding tert-OH is 1. The topological polar surface area (TPSA) is 155 Å². The zero-order valence-electron chi connectivity index (χ0n) is 49.9. The number of hydrogen-bond donors (Lipinski definition) is 2. The average Bonchev–Trinajstić information content (AvgIpc) is 3.43. The number of rotatable bonds is 58. The van der Waals surface area contributed by atoms with Gasteiger partial charge in [0.1, 0.15) is 12.7 Å². The van der Waals surface area contributed by atoms with Gasteiger partial charge in [-0.25, -0.2) is 4.57 Å². The number of phosphoric acid groups is 1. The zero-order chi connectivity index (χ0) is 56.9. The van der Waals surface area contributed by atoms with Gasteiger partial charge in [-0.05, 0) is 89.9 Å². The van der Waals surface area contributed by atoms with Crippen molar-refractivity contribution in [3.8, 4) is 0 Å². The molecule has 0 aromatic carbocycles. The summed E-state index contributed by atoms with van der Waals surface area (Å²) in [7, 11) is -4.77. The van der Waals surface area contributed by atoms with Crippen molar-refractivity contribution in [2.24, 2.45) is 0 Å². The molecular formula is C66H115O11P. The quantitative estimate of drug-likeness (QED) is 0.0197. The van der Waals surface area contributed by atoms with Crippen molar-refractivity contribution in [2.45, 2.75) is 290 Å². The van der Waals surface area contributed by atoms with Crippen molar-refractivity contribution >= 4 is 25.7 Å². The van der Waals surface area contributed by atoms with Gasteiger partial charge in [-0.3, -0.25) is 23.4 Å². The molecule has 0 aliphatic carbocycles. The van der Waals surface area contributed by atoms with Gasteiger partial charge in [0.05, 0.1) is 19.8 Å². The number of allylic oxidation sites excluding steroid dienone is 14. The van der Waals surface area contributed by atoms with Crippen LogP contribution in [0.15, 0.2) is 85.1 Å². The van der Waals surface area contributed by atoms with Gasteiger partial charge in [-0.1, -0.05) is 254 Å². The smallest absolute Gasteiger partial charge is 0.462 e. The van der Waals surface area contributed by atoms with Gasteiger partial charge in [0, 0.05) is 19.3 Å². The second-order valence-corrected chi connectivity index (χ2v) is 22.3. The average molecular weight is 1120 g/mol. The summed E-state index contributed by atoms with van der Waals surface area (Å²) >= 11 is 0. The van der Waals surface area contributed by atoms with Crippen molar-refractivity contribution in [1.29, 1.82) is 0 Å². The summed E-state index contributed by atoms with van der Waals surface area (Å²) in [5.41, 5.74) is 0. The summed E-state index contributed by atoms with van der Waals surface area (Å²) < 4.78 is 39.6. The Hall–Kier alpha value is -3.34. The van der Waals surface area contributed by atoms with Gasteiger partial charge in [0.25, 0.3) is 0 Å². The van der Waals surface area contributed by atoms with E-state index in [2.05, 4.69) is 106 Å². The number of phosphoric ester groups is 1. The number of aliphatic hydroxyl groups is 1. The number of ether oxygens (including phenoxy) is 3. The second kappa shape index (κ2) is 59.8. The molecule has 0 aliphatic rings. The molecule has 0 aromatic heterocycles. The first-order valence-electron chi connectivity index (χ1n) is 31.5. The van der Waals surface area contributed by atoms with Crippen LogP contribution in [0.25, 0.3) is 0 Å². The monoisotopic (exact) mass is 1110 g/mol. The van der Waals surface area contributed by atoms with Gasteiger partial charge in [-0.2, -0.15) is 0 Å². The maximum Gasteiger partial charge on any atom is 0.472 e. The molecule has 0 fully saturated rings. The van der Waals surface area contributed by atoms with E-state index in [-0.39, 0.29) is 25.9 Å². The first kappa shape index (κ1) is 74.7. The number of hydrogen-bond acceptors (Lipinski definition) is 10. The zero-order valence-corrected chi connectivity index (χ0v) is 50.8. The lowest BCUT2D eigenvalue weighted by Crippen LogP contribution is -2.30. The van der Waals surface area contributed by atoms with E-state index in [0.717, 1.165) is 116 Å². The Morgan fingerprint density at radius 3 is 1.05 bits per heavy atom. The van der Waals surface area contributed by atoms with Crippen molar-refractivity contribution in [3.05, 3.63) is 85.1 Å². The van der Waals surface area contributed by atoms with Gasteiger partial charge in [-0.15, -0.1) is 0 Å². The molecular weight excluding hydrogens is 1000 g/mol. The van der Waals surface area contributed by atoms with Crippen LogP contribution in [-0.2, 0) is 42.2 Å². The summed E-state index contributed by atoms with van der Waals surface area (Å²) in [5, 5.41) is 9.83. The second-order valence-electron chi connectivity index (χ2n) is 20.8. The molecule has 0 spiro atoms. The van der Waals surface area contributed by atoms with Crippen LogP contribution in [0.2, 0.25) is 0 Å². The minimum absolute atomic E-state index is 0.122. The van der Waals surface area contributed by atoms with Crippen molar-refractivity contribution < 1.29 is 52.2 Å². The number of carbonyl (C=O) groups is 3. The normalized spacial score (nSPS) is 13.9. The molecule has 450 valence electrons. The van der Waals surface area contributed by atoms with Crippen LogP contribution < -0.4 is 0 Å².